The van der Waals surface area contributed by atoms with Gasteiger partial charge in [0, 0.05) is 11.1 Å². The van der Waals surface area contributed by atoms with E-state index in [0.717, 1.165) is 0 Å². The van der Waals surface area contributed by atoms with Crippen LogP contribution >= 0.6 is 0 Å². The number of ketones is 2. The maximum atomic E-state index is 12.9. The Labute approximate surface area is 130 Å². The van der Waals surface area contributed by atoms with E-state index in [1.165, 1.54) is 0 Å². The molecule has 0 bridgehead atoms. The van der Waals surface area contributed by atoms with Crippen LogP contribution in [-0.2, 0) is 14.3 Å². The number of aliphatic hydroxyl groups is 2. The molecular formula is C17H24O5. The van der Waals surface area contributed by atoms with Crippen molar-refractivity contribution in [3.05, 3.63) is 11.1 Å². The minimum atomic E-state index is -0.949. The molecule has 1 heterocycles. The van der Waals surface area contributed by atoms with Crippen LogP contribution in [0.2, 0.25) is 0 Å². The summed E-state index contributed by atoms with van der Waals surface area (Å²) >= 11 is 0. The average Bonchev–Trinajstić information content (AvgIpc) is 2.46. The van der Waals surface area contributed by atoms with Crippen molar-refractivity contribution in [2.24, 2.45) is 23.2 Å². The predicted molar refractivity (Wildman–Crippen MR) is 79.0 cm³/mol. The van der Waals surface area contributed by atoms with Crippen molar-refractivity contribution in [1.82, 2.24) is 0 Å². The first kappa shape index (κ1) is 15.8. The molecule has 0 radical (unpaired) electrons. The van der Waals surface area contributed by atoms with E-state index in [0.29, 0.717) is 24.2 Å². The Morgan fingerprint density at radius 1 is 1.09 bits per heavy atom. The molecule has 2 aliphatic carbocycles. The second-order valence-electron chi connectivity index (χ2n) is 7.48. The van der Waals surface area contributed by atoms with Gasteiger partial charge in [-0.2, -0.15) is 0 Å². The molecule has 0 aromatic heterocycles. The minimum Gasteiger partial charge on any atom is -0.392 e. The Morgan fingerprint density at radius 2 is 1.73 bits per heavy atom. The molecule has 22 heavy (non-hydrogen) atoms. The zero-order chi connectivity index (χ0) is 16.4. The highest BCUT2D eigenvalue weighted by atomic mass is 16.5. The lowest BCUT2D eigenvalue weighted by Crippen LogP contribution is -2.62. The van der Waals surface area contributed by atoms with E-state index >= 15 is 0 Å². The van der Waals surface area contributed by atoms with E-state index in [9.17, 15) is 19.8 Å². The van der Waals surface area contributed by atoms with Crippen molar-refractivity contribution in [2.45, 2.75) is 52.4 Å². The zero-order valence-electron chi connectivity index (χ0n) is 13.5. The Bertz CT molecular complexity index is 561. The lowest BCUT2D eigenvalue weighted by Gasteiger charge is -2.53. The molecule has 0 aromatic rings. The van der Waals surface area contributed by atoms with E-state index in [1.54, 1.807) is 6.92 Å². The van der Waals surface area contributed by atoms with Gasteiger partial charge in [0.1, 0.15) is 0 Å². The van der Waals surface area contributed by atoms with Crippen LogP contribution in [0.15, 0.2) is 11.1 Å². The van der Waals surface area contributed by atoms with Crippen LogP contribution in [0.5, 0.6) is 0 Å². The Hall–Kier alpha value is -1.04. The summed E-state index contributed by atoms with van der Waals surface area (Å²) in [6.45, 7) is 7.68. The van der Waals surface area contributed by atoms with E-state index in [1.807, 2.05) is 20.8 Å². The second-order valence-corrected chi connectivity index (χ2v) is 7.48. The number of Topliss-reactive ketones (excluding diaryl/α,β-unsaturated/α-hetero) is 2. The van der Waals surface area contributed by atoms with E-state index < -0.39 is 35.6 Å². The zero-order valence-corrected chi connectivity index (χ0v) is 13.5. The molecule has 0 amide bonds. The fourth-order valence-electron chi connectivity index (χ4n) is 4.30. The third-order valence-corrected chi connectivity index (χ3v) is 6.16. The molecule has 5 nitrogen and oxygen atoms in total. The van der Waals surface area contributed by atoms with Gasteiger partial charge in [0.15, 0.2) is 11.6 Å². The fourth-order valence-corrected chi connectivity index (χ4v) is 4.30. The minimum absolute atomic E-state index is 0.177. The third kappa shape index (κ3) is 1.88. The first-order valence-corrected chi connectivity index (χ1v) is 7.98. The lowest BCUT2D eigenvalue weighted by molar-refractivity contribution is -0.174. The van der Waals surface area contributed by atoms with Crippen molar-refractivity contribution in [3.8, 4) is 0 Å². The molecule has 6 atom stereocenters. The Balaban J connectivity index is 2.13. The summed E-state index contributed by atoms with van der Waals surface area (Å²) in [7, 11) is 0. The van der Waals surface area contributed by atoms with Crippen molar-refractivity contribution in [2.75, 3.05) is 6.61 Å². The molecule has 5 heteroatoms. The second kappa shape index (κ2) is 4.98. The normalized spacial score (nSPS) is 44.6. The lowest BCUT2D eigenvalue weighted by atomic mass is 9.53. The van der Waals surface area contributed by atoms with Crippen LogP contribution < -0.4 is 0 Å². The number of hydrogen-bond donors (Lipinski definition) is 2. The molecule has 2 N–H and O–H groups in total. The summed E-state index contributed by atoms with van der Waals surface area (Å²) in [6.07, 6.45) is -1.87. The highest BCUT2D eigenvalue weighted by molar-refractivity contribution is 6.15. The number of rotatable bonds is 0. The van der Waals surface area contributed by atoms with Crippen LogP contribution in [0.1, 0.15) is 34.1 Å². The van der Waals surface area contributed by atoms with Gasteiger partial charge in [-0.1, -0.05) is 20.8 Å². The maximum absolute atomic E-state index is 12.9. The monoisotopic (exact) mass is 308 g/mol. The number of hydrogen-bond acceptors (Lipinski definition) is 5. The van der Waals surface area contributed by atoms with Crippen LogP contribution in [-0.4, -0.2) is 46.7 Å². The molecule has 0 aromatic carbocycles. The van der Waals surface area contributed by atoms with Gasteiger partial charge in [-0.15, -0.1) is 0 Å². The van der Waals surface area contributed by atoms with Crippen LogP contribution in [0, 0.1) is 23.2 Å². The smallest absolute Gasteiger partial charge is 0.168 e. The van der Waals surface area contributed by atoms with Gasteiger partial charge < -0.3 is 14.9 Å². The first-order valence-electron chi connectivity index (χ1n) is 7.98. The molecule has 3 rings (SSSR count). The van der Waals surface area contributed by atoms with Crippen molar-refractivity contribution >= 4 is 11.6 Å². The van der Waals surface area contributed by atoms with Crippen molar-refractivity contribution in [1.29, 1.82) is 0 Å². The highest BCUT2D eigenvalue weighted by Crippen LogP contribution is 2.51. The molecule has 6 unspecified atom stereocenters. The summed E-state index contributed by atoms with van der Waals surface area (Å²) in [5.74, 6) is -2.35. The molecule has 1 saturated carbocycles. The van der Waals surface area contributed by atoms with Crippen molar-refractivity contribution in [3.63, 3.8) is 0 Å². The first-order chi connectivity index (χ1) is 10.2. The van der Waals surface area contributed by atoms with E-state index in [2.05, 4.69) is 0 Å². The molecule has 1 aliphatic heterocycles. The highest BCUT2D eigenvalue weighted by Gasteiger charge is 2.60. The summed E-state index contributed by atoms with van der Waals surface area (Å²) in [6, 6.07) is 0. The van der Waals surface area contributed by atoms with Gasteiger partial charge in [-0.25, -0.2) is 0 Å². The number of fused-ring (bicyclic) bond motifs is 1. The van der Waals surface area contributed by atoms with Crippen LogP contribution in [0.25, 0.3) is 0 Å². The quantitative estimate of drug-likeness (QED) is 0.694. The van der Waals surface area contributed by atoms with Gasteiger partial charge in [0.05, 0.1) is 36.8 Å². The number of ether oxygens (including phenoxy) is 1. The SMILES string of the molecule is CC1OCCC2=C1C(=O)C1C(C2=O)C(O)C(C)C(C)(C)C1O. The number of carbonyl (C=O) groups excluding carboxylic acids is 2. The summed E-state index contributed by atoms with van der Waals surface area (Å²) in [4.78, 5) is 25.8. The van der Waals surface area contributed by atoms with Crippen LogP contribution in [0.4, 0.5) is 0 Å². The fraction of sp³-hybridized carbons (Fsp3) is 0.765. The van der Waals surface area contributed by atoms with Crippen molar-refractivity contribution < 1.29 is 24.5 Å². The van der Waals surface area contributed by atoms with Gasteiger partial charge in [-0.3, -0.25) is 9.59 Å². The Kier molecular flexibility index (Phi) is 3.59. The largest absolute Gasteiger partial charge is 0.392 e. The van der Waals surface area contributed by atoms with E-state index in [-0.39, 0.29) is 17.5 Å². The summed E-state index contributed by atoms with van der Waals surface area (Å²) in [5, 5.41) is 21.4. The maximum Gasteiger partial charge on any atom is 0.168 e. The molecule has 3 aliphatic rings. The summed E-state index contributed by atoms with van der Waals surface area (Å²) < 4.78 is 5.51. The molecule has 0 spiro atoms. The Morgan fingerprint density at radius 3 is 2.36 bits per heavy atom. The third-order valence-electron chi connectivity index (χ3n) is 6.16. The van der Waals surface area contributed by atoms with Gasteiger partial charge >= 0.3 is 0 Å². The standard InChI is InChI=1S/C17H24O5/c1-7-13(18)11-12(16(21)17(7,3)4)15(20)10-8(2)22-6-5-9(10)14(11)19/h7-8,11-13,16,18,21H,5-6H2,1-4H3. The predicted octanol–water partition coefficient (Wildman–Crippen LogP) is 0.874. The molecule has 1 fully saturated rings. The molecular weight excluding hydrogens is 284 g/mol. The number of aliphatic hydroxyl groups excluding tert-OH is 2. The van der Waals surface area contributed by atoms with Gasteiger partial charge in [-0.05, 0) is 24.7 Å². The molecule has 122 valence electrons. The topological polar surface area (TPSA) is 83.8 Å². The van der Waals surface area contributed by atoms with Crippen LogP contribution in [0.3, 0.4) is 0 Å². The molecule has 0 saturated heterocycles. The van der Waals surface area contributed by atoms with E-state index in [4.69, 9.17) is 4.74 Å². The van der Waals surface area contributed by atoms with Gasteiger partial charge in [0.2, 0.25) is 0 Å². The van der Waals surface area contributed by atoms with Gasteiger partial charge in [0.25, 0.3) is 0 Å². The average molecular weight is 308 g/mol. The number of carbonyl (C=O) groups is 2. The summed E-state index contributed by atoms with van der Waals surface area (Å²) in [5.41, 5.74) is 0.283.